The molecule has 4 aromatic rings. The van der Waals surface area contributed by atoms with Gasteiger partial charge in [0.15, 0.2) is 0 Å². The number of esters is 1. The molecule has 4 rings (SSSR count). The van der Waals surface area contributed by atoms with E-state index in [1.54, 1.807) is 36.4 Å². The summed E-state index contributed by atoms with van der Waals surface area (Å²) in [5, 5.41) is 2.44. The standard InChI is InChI=1S/C27H23FN4O4/c1-16(17-6-8-18(9-7-17)20-4-3-5-21(28)14-20)36-24-15-23(31-27(29)32-24)19-10-12-22(13-11-19)30-25(33)26(34)35-2/h3-16H,1-2H3,(H,30,33)(H2,29,31,32). The minimum absolute atomic E-state index is 0.0409. The molecule has 1 aromatic heterocycles. The molecule has 1 atom stereocenters. The number of ether oxygens (including phenoxy) is 2. The van der Waals surface area contributed by atoms with Crippen molar-refractivity contribution < 1.29 is 23.5 Å². The first kappa shape index (κ1) is 24.3. The number of nitrogens with one attached hydrogen (secondary N) is 1. The number of carbonyl (C=O) groups is 2. The summed E-state index contributed by atoms with van der Waals surface area (Å²) in [6, 6.07) is 22.4. The largest absolute Gasteiger partial charge is 0.470 e. The number of nitrogens with zero attached hydrogens (tertiary/aromatic N) is 2. The predicted octanol–water partition coefficient (Wildman–Crippen LogP) is 4.78. The quantitative estimate of drug-likeness (QED) is 0.297. The van der Waals surface area contributed by atoms with Crippen LogP contribution in [0.1, 0.15) is 18.6 Å². The number of halogens is 1. The number of aromatic nitrogens is 2. The van der Waals surface area contributed by atoms with Gasteiger partial charge in [0.2, 0.25) is 11.8 Å². The Morgan fingerprint density at radius 2 is 1.61 bits per heavy atom. The molecule has 9 heteroatoms. The van der Waals surface area contributed by atoms with Crippen LogP contribution in [0.5, 0.6) is 5.88 Å². The van der Waals surface area contributed by atoms with E-state index in [0.717, 1.165) is 23.8 Å². The molecule has 1 amide bonds. The highest BCUT2D eigenvalue weighted by molar-refractivity contribution is 6.37. The van der Waals surface area contributed by atoms with Crippen LogP contribution in [0, 0.1) is 5.82 Å². The monoisotopic (exact) mass is 486 g/mol. The van der Waals surface area contributed by atoms with Gasteiger partial charge in [-0.25, -0.2) is 14.2 Å². The van der Waals surface area contributed by atoms with Gasteiger partial charge >= 0.3 is 11.9 Å². The minimum atomic E-state index is -0.984. The zero-order valence-electron chi connectivity index (χ0n) is 19.6. The SMILES string of the molecule is COC(=O)C(=O)Nc1ccc(-c2cc(OC(C)c3ccc(-c4cccc(F)c4)cc3)nc(N)n2)cc1. The predicted molar refractivity (Wildman–Crippen MR) is 133 cm³/mol. The highest BCUT2D eigenvalue weighted by Gasteiger charge is 2.15. The van der Waals surface area contributed by atoms with Gasteiger partial charge in [-0.2, -0.15) is 4.98 Å². The minimum Gasteiger partial charge on any atom is -0.470 e. The van der Waals surface area contributed by atoms with Gasteiger partial charge in [0, 0.05) is 17.3 Å². The van der Waals surface area contributed by atoms with Crippen LogP contribution in [-0.2, 0) is 14.3 Å². The molecule has 36 heavy (non-hydrogen) atoms. The molecule has 0 bridgehead atoms. The molecule has 0 aliphatic carbocycles. The van der Waals surface area contributed by atoms with Gasteiger partial charge in [-0.3, -0.25) is 4.79 Å². The molecule has 0 radical (unpaired) electrons. The topological polar surface area (TPSA) is 116 Å². The fraction of sp³-hybridized carbons (Fsp3) is 0.111. The Labute approximate surface area is 206 Å². The number of methoxy groups -OCH3 is 1. The van der Waals surface area contributed by atoms with Crippen molar-refractivity contribution in [2.24, 2.45) is 0 Å². The molecule has 182 valence electrons. The van der Waals surface area contributed by atoms with E-state index in [0.29, 0.717) is 22.8 Å². The van der Waals surface area contributed by atoms with Crippen molar-refractivity contribution in [3.63, 3.8) is 0 Å². The molecular weight excluding hydrogens is 463 g/mol. The van der Waals surface area contributed by atoms with E-state index < -0.39 is 11.9 Å². The van der Waals surface area contributed by atoms with Gasteiger partial charge < -0.3 is 20.5 Å². The van der Waals surface area contributed by atoms with Crippen LogP contribution in [0.25, 0.3) is 22.4 Å². The van der Waals surface area contributed by atoms with Crippen molar-refractivity contribution in [2.45, 2.75) is 13.0 Å². The molecule has 0 aliphatic heterocycles. The van der Waals surface area contributed by atoms with Crippen molar-refractivity contribution in [3.8, 4) is 28.3 Å². The summed E-state index contributed by atoms with van der Waals surface area (Å²) in [6.07, 6.45) is -0.343. The van der Waals surface area contributed by atoms with Gasteiger partial charge in [0.1, 0.15) is 11.9 Å². The van der Waals surface area contributed by atoms with Crippen molar-refractivity contribution in [3.05, 3.63) is 90.2 Å². The molecule has 8 nitrogen and oxygen atoms in total. The Bertz CT molecular complexity index is 1390. The van der Waals surface area contributed by atoms with Crippen LogP contribution in [-0.4, -0.2) is 29.0 Å². The van der Waals surface area contributed by atoms with Crippen molar-refractivity contribution >= 4 is 23.5 Å². The van der Waals surface area contributed by atoms with E-state index in [-0.39, 0.29) is 17.9 Å². The second kappa shape index (κ2) is 10.6. The number of carbonyl (C=O) groups excluding carboxylic acids is 2. The van der Waals surface area contributed by atoms with Gasteiger partial charge in [-0.1, -0.05) is 48.5 Å². The Morgan fingerprint density at radius 1 is 0.917 bits per heavy atom. The van der Waals surface area contributed by atoms with Gasteiger partial charge in [0.05, 0.1) is 12.8 Å². The number of benzene rings is 3. The van der Waals surface area contributed by atoms with Crippen LogP contribution < -0.4 is 15.8 Å². The van der Waals surface area contributed by atoms with E-state index in [9.17, 15) is 14.0 Å². The van der Waals surface area contributed by atoms with Crippen LogP contribution in [0.2, 0.25) is 0 Å². The van der Waals surface area contributed by atoms with Crippen LogP contribution in [0.4, 0.5) is 16.0 Å². The smallest absolute Gasteiger partial charge is 0.396 e. The molecule has 3 N–H and O–H groups in total. The molecule has 0 spiro atoms. The molecule has 0 saturated carbocycles. The van der Waals surface area contributed by atoms with Gasteiger partial charge in [0.25, 0.3) is 0 Å². The Morgan fingerprint density at radius 3 is 2.28 bits per heavy atom. The molecule has 0 aliphatic rings. The van der Waals surface area contributed by atoms with E-state index >= 15 is 0 Å². The first-order valence-electron chi connectivity index (χ1n) is 11.0. The zero-order valence-corrected chi connectivity index (χ0v) is 19.6. The third kappa shape index (κ3) is 5.82. The van der Waals surface area contributed by atoms with E-state index in [1.165, 1.54) is 12.1 Å². The van der Waals surface area contributed by atoms with Crippen molar-refractivity contribution in [2.75, 3.05) is 18.2 Å². The summed E-state index contributed by atoms with van der Waals surface area (Å²) in [4.78, 5) is 31.4. The second-order valence-corrected chi connectivity index (χ2v) is 7.87. The number of hydrogen-bond donors (Lipinski definition) is 2. The number of hydrogen-bond acceptors (Lipinski definition) is 7. The normalized spacial score (nSPS) is 11.4. The highest BCUT2D eigenvalue weighted by Crippen LogP contribution is 2.28. The molecular formula is C27H23FN4O4. The maximum atomic E-state index is 13.5. The number of nitrogens with two attached hydrogens (primary N) is 1. The summed E-state index contributed by atoms with van der Waals surface area (Å²) in [6.45, 7) is 1.88. The van der Waals surface area contributed by atoms with E-state index in [2.05, 4.69) is 20.0 Å². The maximum Gasteiger partial charge on any atom is 0.396 e. The zero-order chi connectivity index (χ0) is 25.7. The Kier molecular flexibility index (Phi) is 7.20. The third-order valence-electron chi connectivity index (χ3n) is 5.36. The average molecular weight is 487 g/mol. The fourth-order valence-electron chi connectivity index (χ4n) is 3.51. The summed E-state index contributed by atoms with van der Waals surface area (Å²) >= 11 is 0. The lowest BCUT2D eigenvalue weighted by molar-refractivity contribution is -0.150. The molecule has 0 saturated heterocycles. The van der Waals surface area contributed by atoms with Crippen molar-refractivity contribution in [1.82, 2.24) is 9.97 Å². The number of amides is 1. The Hall–Kier alpha value is -4.79. The number of rotatable bonds is 6. The lowest BCUT2D eigenvalue weighted by atomic mass is 10.0. The van der Waals surface area contributed by atoms with E-state index in [1.807, 2.05) is 37.3 Å². The molecule has 0 fully saturated rings. The number of anilines is 2. The highest BCUT2D eigenvalue weighted by atomic mass is 19.1. The maximum absolute atomic E-state index is 13.5. The summed E-state index contributed by atoms with van der Waals surface area (Å²) in [7, 11) is 1.13. The lowest BCUT2D eigenvalue weighted by Gasteiger charge is -2.16. The van der Waals surface area contributed by atoms with Gasteiger partial charge in [-0.15, -0.1) is 0 Å². The molecule has 3 aromatic carbocycles. The first-order valence-corrected chi connectivity index (χ1v) is 11.0. The van der Waals surface area contributed by atoms with Gasteiger partial charge in [-0.05, 0) is 47.9 Å². The second-order valence-electron chi connectivity index (χ2n) is 7.87. The number of nitrogen functional groups attached to an aromatic ring is 1. The fourth-order valence-corrected chi connectivity index (χ4v) is 3.51. The first-order chi connectivity index (χ1) is 17.3. The van der Waals surface area contributed by atoms with Crippen LogP contribution >= 0.6 is 0 Å². The van der Waals surface area contributed by atoms with Crippen LogP contribution in [0.3, 0.4) is 0 Å². The summed E-state index contributed by atoms with van der Waals surface area (Å²) in [5.41, 5.74) is 10.1. The lowest BCUT2D eigenvalue weighted by Crippen LogP contribution is -2.23. The third-order valence-corrected chi connectivity index (χ3v) is 5.36. The summed E-state index contributed by atoms with van der Waals surface area (Å²) < 4.78 is 23.9. The summed E-state index contributed by atoms with van der Waals surface area (Å²) in [5.74, 6) is -1.81. The van der Waals surface area contributed by atoms with Crippen LogP contribution in [0.15, 0.2) is 78.9 Å². The Balaban J connectivity index is 1.47. The van der Waals surface area contributed by atoms with E-state index in [4.69, 9.17) is 10.5 Å². The van der Waals surface area contributed by atoms with Crippen molar-refractivity contribution in [1.29, 1.82) is 0 Å². The molecule has 1 unspecified atom stereocenters. The average Bonchev–Trinajstić information content (AvgIpc) is 2.88. The molecule has 1 heterocycles.